The van der Waals surface area contributed by atoms with Crippen molar-refractivity contribution < 1.29 is 0 Å². The monoisotopic (exact) mass is 274 g/mol. The minimum Gasteiger partial charge on any atom is -0.335 e. The second kappa shape index (κ2) is 5.63. The highest BCUT2D eigenvalue weighted by Gasteiger charge is 2.22. The van der Waals surface area contributed by atoms with E-state index in [1.54, 1.807) is 0 Å². The molecule has 0 saturated heterocycles. The summed E-state index contributed by atoms with van der Waals surface area (Å²) in [6.07, 6.45) is 1.81. The minimum absolute atomic E-state index is 0.238. The first-order valence-electron chi connectivity index (χ1n) is 5.26. The number of hydrogen-bond donors (Lipinski definition) is 1. The summed E-state index contributed by atoms with van der Waals surface area (Å²) < 4.78 is 2.92. The van der Waals surface area contributed by atoms with E-state index in [4.69, 9.17) is 5.73 Å². The molecule has 0 aliphatic heterocycles. The summed E-state index contributed by atoms with van der Waals surface area (Å²) in [5.74, 6) is 0. The van der Waals surface area contributed by atoms with Crippen LogP contribution in [0, 0.1) is 0 Å². The summed E-state index contributed by atoms with van der Waals surface area (Å²) in [5.41, 5.74) is 7.00. The summed E-state index contributed by atoms with van der Waals surface area (Å²) in [4.78, 5) is 6.57. The van der Waals surface area contributed by atoms with Crippen LogP contribution in [0.4, 0.5) is 0 Å². The van der Waals surface area contributed by atoms with Gasteiger partial charge in [-0.05, 0) is 29.0 Å². The molecule has 1 aromatic rings. The molecule has 0 aliphatic rings. The summed E-state index contributed by atoms with van der Waals surface area (Å²) in [5, 5.41) is 0. The Balaban J connectivity index is 3.01. The van der Waals surface area contributed by atoms with Crippen molar-refractivity contribution in [3.63, 3.8) is 0 Å². The van der Waals surface area contributed by atoms with Crippen LogP contribution in [-0.4, -0.2) is 34.1 Å². The number of nitrogens with two attached hydrogens (primary N) is 1. The third-order valence-electron chi connectivity index (χ3n) is 2.73. The van der Waals surface area contributed by atoms with Gasteiger partial charge in [0.15, 0.2) is 0 Å². The normalized spacial score (nSPS) is 13.5. The summed E-state index contributed by atoms with van der Waals surface area (Å²) in [6, 6.07) is 0.238. The smallest absolute Gasteiger partial charge is 0.128 e. The van der Waals surface area contributed by atoms with E-state index < -0.39 is 0 Å². The van der Waals surface area contributed by atoms with E-state index >= 15 is 0 Å². The Morgan fingerprint density at radius 2 is 2.13 bits per heavy atom. The molecule has 4 nitrogen and oxygen atoms in total. The van der Waals surface area contributed by atoms with Crippen molar-refractivity contribution in [3.05, 3.63) is 16.6 Å². The van der Waals surface area contributed by atoms with Gasteiger partial charge in [-0.25, -0.2) is 4.98 Å². The van der Waals surface area contributed by atoms with Gasteiger partial charge in [0.2, 0.25) is 0 Å². The molecule has 0 aromatic carbocycles. The largest absolute Gasteiger partial charge is 0.335 e. The maximum atomic E-state index is 5.85. The lowest BCUT2D eigenvalue weighted by molar-refractivity contribution is 0.216. The molecule has 86 valence electrons. The zero-order valence-electron chi connectivity index (χ0n) is 9.57. The minimum atomic E-state index is 0.238. The van der Waals surface area contributed by atoms with Crippen LogP contribution in [0.2, 0.25) is 0 Å². The first-order valence-corrected chi connectivity index (χ1v) is 6.05. The van der Waals surface area contributed by atoms with Crippen molar-refractivity contribution in [1.29, 1.82) is 0 Å². The number of halogens is 1. The molecular formula is C10H19BrN4. The van der Waals surface area contributed by atoms with Crippen LogP contribution in [0.15, 0.2) is 10.9 Å². The van der Waals surface area contributed by atoms with Crippen LogP contribution >= 0.6 is 15.9 Å². The molecule has 1 unspecified atom stereocenters. The number of likely N-dealkylation sites (N-methyl/N-ethyl adjacent to an activating group) is 1. The van der Waals surface area contributed by atoms with Gasteiger partial charge >= 0.3 is 0 Å². The van der Waals surface area contributed by atoms with Crippen LogP contribution in [0.5, 0.6) is 0 Å². The Morgan fingerprint density at radius 3 is 2.47 bits per heavy atom. The summed E-state index contributed by atoms with van der Waals surface area (Å²) >= 11 is 3.47. The summed E-state index contributed by atoms with van der Waals surface area (Å²) in [7, 11) is 2.00. The lowest BCUT2D eigenvalue weighted by atomic mass is 10.2. The lowest BCUT2D eigenvalue weighted by Gasteiger charge is -2.29. The first kappa shape index (κ1) is 12.7. The van der Waals surface area contributed by atoms with E-state index in [-0.39, 0.29) is 6.04 Å². The number of hydrogen-bond acceptors (Lipinski definition) is 3. The molecule has 1 aromatic heterocycles. The van der Waals surface area contributed by atoms with Crippen LogP contribution in [0.1, 0.15) is 25.6 Å². The topological polar surface area (TPSA) is 47.1 Å². The third-order valence-corrected chi connectivity index (χ3v) is 3.34. The molecule has 15 heavy (non-hydrogen) atoms. The van der Waals surface area contributed by atoms with Gasteiger partial charge < -0.3 is 10.3 Å². The van der Waals surface area contributed by atoms with Gasteiger partial charge in [-0.2, -0.15) is 0 Å². The molecule has 0 amide bonds. The molecule has 1 heterocycles. The Hall–Kier alpha value is -0.390. The van der Waals surface area contributed by atoms with Crippen LogP contribution in [-0.2, 0) is 7.05 Å². The fraction of sp³-hybridized carbons (Fsp3) is 0.700. The van der Waals surface area contributed by atoms with E-state index in [1.807, 2.05) is 17.9 Å². The van der Waals surface area contributed by atoms with Crippen molar-refractivity contribution in [2.75, 3.05) is 19.6 Å². The highest BCUT2D eigenvalue weighted by molar-refractivity contribution is 9.10. The number of rotatable bonds is 5. The first-order chi connectivity index (χ1) is 7.15. The lowest BCUT2D eigenvalue weighted by Crippen LogP contribution is -2.34. The Kier molecular flexibility index (Phi) is 4.76. The molecule has 0 fully saturated rings. The molecule has 0 saturated carbocycles. The van der Waals surface area contributed by atoms with E-state index in [1.165, 1.54) is 0 Å². The quantitative estimate of drug-likeness (QED) is 0.886. The standard InChI is InChI=1S/C10H19BrN4/c1-4-15(5-2)8(6-12)9-10(11)13-7-14(9)3/h7-8H,4-6,12H2,1-3H3. The van der Waals surface area contributed by atoms with Gasteiger partial charge in [0, 0.05) is 13.6 Å². The second-order valence-electron chi connectivity index (χ2n) is 3.50. The molecule has 0 radical (unpaired) electrons. The third kappa shape index (κ3) is 2.59. The summed E-state index contributed by atoms with van der Waals surface area (Å²) in [6.45, 7) is 6.90. The highest BCUT2D eigenvalue weighted by Crippen LogP contribution is 2.25. The van der Waals surface area contributed by atoms with Gasteiger partial charge in [0.25, 0.3) is 0 Å². The molecule has 0 bridgehead atoms. The maximum Gasteiger partial charge on any atom is 0.128 e. The molecule has 1 rings (SSSR count). The van der Waals surface area contributed by atoms with Crippen LogP contribution in [0.3, 0.4) is 0 Å². The van der Waals surface area contributed by atoms with E-state index in [2.05, 4.69) is 39.7 Å². The van der Waals surface area contributed by atoms with Gasteiger partial charge in [0.05, 0.1) is 18.1 Å². The molecule has 5 heteroatoms. The van der Waals surface area contributed by atoms with Crippen molar-refractivity contribution >= 4 is 15.9 Å². The molecule has 0 spiro atoms. The average molecular weight is 275 g/mol. The zero-order valence-corrected chi connectivity index (χ0v) is 11.2. The average Bonchev–Trinajstić information content (AvgIpc) is 2.56. The predicted octanol–water partition coefficient (Wildman–Crippen LogP) is 1.52. The van der Waals surface area contributed by atoms with Gasteiger partial charge in [-0.1, -0.05) is 13.8 Å². The molecule has 0 aliphatic carbocycles. The Labute approximate surface area is 99.6 Å². The predicted molar refractivity (Wildman–Crippen MR) is 65.6 cm³/mol. The SMILES string of the molecule is CCN(CC)C(CN)c1c(Br)ncn1C. The number of imidazole rings is 1. The number of aromatic nitrogens is 2. The fourth-order valence-electron chi connectivity index (χ4n) is 1.88. The van der Waals surface area contributed by atoms with E-state index in [9.17, 15) is 0 Å². The fourth-order valence-corrected chi connectivity index (χ4v) is 2.52. The molecule has 1 atom stereocenters. The number of aryl methyl sites for hydroxylation is 1. The van der Waals surface area contributed by atoms with Crippen molar-refractivity contribution in [1.82, 2.24) is 14.5 Å². The van der Waals surface area contributed by atoms with Crippen molar-refractivity contribution in [2.45, 2.75) is 19.9 Å². The van der Waals surface area contributed by atoms with Crippen LogP contribution < -0.4 is 5.73 Å². The maximum absolute atomic E-state index is 5.85. The van der Waals surface area contributed by atoms with E-state index in [0.29, 0.717) is 6.54 Å². The van der Waals surface area contributed by atoms with Crippen molar-refractivity contribution in [3.8, 4) is 0 Å². The Morgan fingerprint density at radius 1 is 1.53 bits per heavy atom. The van der Waals surface area contributed by atoms with Gasteiger partial charge in [-0.3, -0.25) is 4.90 Å². The highest BCUT2D eigenvalue weighted by atomic mass is 79.9. The number of nitrogens with zero attached hydrogens (tertiary/aromatic N) is 3. The van der Waals surface area contributed by atoms with Gasteiger partial charge in [0.1, 0.15) is 4.60 Å². The van der Waals surface area contributed by atoms with Crippen molar-refractivity contribution in [2.24, 2.45) is 12.8 Å². The van der Waals surface area contributed by atoms with Gasteiger partial charge in [-0.15, -0.1) is 0 Å². The molecule has 2 N–H and O–H groups in total. The second-order valence-corrected chi connectivity index (χ2v) is 4.26. The molecular weight excluding hydrogens is 256 g/mol. The van der Waals surface area contributed by atoms with Crippen LogP contribution in [0.25, 0.3) is 0 Å². The zero-order chi connectivity index (χ0) is 11.4. The van der Waals surface area contributed by atoms with E-state index in [0.717, 1.165) is 23.4 Å². The Bertz CT molecular complexity index is 287.